The van der Waals surface area contributed by atoms with E-state index in [2.05, 4.69) is 20.9 Å². The first-order valence-corrected chi connectivity index (χ1v) is 7.45. The summed E-state index contributed by atoms with van der Waals surface area (Å²) in [4.78, 5) is 21.5. The number of pyridine rings is 1. The number of amides is 1. The van der Waals surface area contributed by atoms with E-state index < -0.39 is 0 Å². The van der Waals surface area contributed by atoms with Crippen LogP contribution in [0.4, 0.5) is 5.82 Å². The molecule has 2 atom stereocenters. The minimum Gasteiger partial charge on any atom is -0.352 e. The van der Waals surface area contributed by atoms with Crippen LogP contribution in [0.1, 0.15) is 33.6 Å². The van der Waals surface area contributed by atoms with Gasteiger partial charge >= 0.3 is 0 Å². The van der Waals surface area contributed by atoms with E-state index in [4.69, 9.17) is 0 Å². The van der Waals surface area contributed by atoms with Crippen molar-refractivity contribution in [2.24, 2.45) is 5.41 Å². The molecule has 2 saturated heterocycles. The largest absolute Gasteiger partial charge is 0.352 e. The molecule has 2 bridgehead atoms. The van der Waals surface area contributed by atoms with E-state index in [-0.39, 0.29) is 5.41 Å². The van der Waals surface area contributed by atoms with Gasteiger partial charge in [-0.15, -0.1) is 0 Å². The zero-order valence-corrected chi connectivity index (χ0v) is 12.5. The van der Waals surface area contributed by atoms with Crippen LogP contribution in [0.5, 0.6) is 0 Å². The number of piperazine rings is 1. The highest BCUT2D eigenvalue weighted by Gasteiger charge is 2.45. The van der Waals surface area contributed by atoms with Gasteiger partial charge in [0.25, 0.3) is 0 Å². The number of fused-ring (bicyclic) bond motifs is 2. The quantitative estimate of drug-likeness (QED) is 0.788. The molecule has 0 aromatic carbocycles. The van der Waals surface area contributed by atoms with Crippen molar-refractivity contribution in [2.75, 3.05) is 18.0 Å². The Morgan fingerprint density at radius 3 is 2.35 bits per heavy atom. The van der Waals surface area contributed by atoms with E-state index in [0.29, 0.717) is 18.0 Å². The third kappa shape index (κ3) is 2.28. The maximum Gasteiger partial charge on any atom is 0.228 e. The zero-order chi connectivity index (χ0) is 14.3. The highest BCUT2D eigenvalue weighted by Crippen LogP contribution is 2.35. The highest BCUT2D eigenvalue weighted by molar-refractivity contribution is 5.82. The summed E-state index contributed by atoms with van der Waals surface area (Å²) >= 11 is 0. The Labute approximate surface area is 120 Å². The van der Waals surface area contributed by atoms with Crippen molar-refractivity contribution in [3.8, 4) is 0 Å². The summed E-state index contributed by atoms with van der Waals surface area (Å²) in [5.74, 6) is 1.33. The van der Waals surface area contributed by atoms with Crippen molar-refractivity contribution in [2.45, 2.75) is 45.7 Å². The van der Waals surface area contributed by atoms with Gasteiger partial charge in [-0.25, -0.2) is 4.98 Å². The Hall–Kier alpha value is -1.58. The van der Waals surface area contributed by atoms with Crippen LogP contribution in [0.15, 0.2) is 24.4 Å². The zero-order valence-electron chi connectivity index (χ0n) is 12.5. The maximum atomic E-state index is 12.6. The van der Waals surface area contributed by atoms with E-state index >= 15 is 0 Å². The molecule has 1 aromatic rings. The van der Waals surface area contributed by atoms with Crippen molar-refractivity contribution in [3.63, 3.8) is 0 Å². The molecule has 108 valence electrons. The van der Waals surface area contributed by atoms with Gasteiger partial charge in [-0.1, -0.05) is 26.8 Å². The van der Waals surface area contributed by atoms with E-state index in [9.17, 15) is 4.79 Å². The van der Waals surface area contributed by atoms with Crippen molar-refractivity contribution < 1.29 is 4.79 Å². The van der Waals surface area contributed by atoms with Gasteiger partial charge in [0, 0.05) is 36.8 Å². The lowest BCUT2D eigenvalue weighted by atomic mass is 9.93. The Bertz CT molecular complexity index is 480. The maximum absolute atomic E-state index is 12.6. The molecule has 0 N–H and O–H groups in total. The molecule has 1 amide bonds. The number of carbonyl (C=O) groups excluding carboxylic acids is 1. The first-order valence-electron chi connectivity index (χ1n) is 7.45. The lowest BCUT2D eigenvalue weighted by molar-refractivity contribution is -0.143. The molecule has 0 spiro atoms. The topological polar surface area (TPSA) is 36.4 Å². The number of hydrogen-bond donors (Lipinski definition) is 0. The van der Waals surface area contributed by atoms with Crippen LogP contribution in [0.2, 0.25) is 0 Å². The molecule has 4 nitrogen and oxygen atoms in total. The summed E-state index contributed by atoms with van der Waals surface area (Å²) in [7, 11) is 0. The van der Waals surface area contributed by atoms with Crippen LogP contribution < -0.4 is 4.90 Å². The van der Waals surface area contributed by atoms with Crippen molar-refractivity contribution in [1.29, 1.82) is 0 Å². The second-order valence-corrected chi connectivity index (χ2v) is 6.94. The Kier molecular flexibility index (Phi) is 3.19. The predicted molar refractivity (Wildman–Crippen MR) is 79.6 cm³/mol. The Morgan fingerprint density at radius 2 is 1.85 bits per heavy atom. The van der Waals surface area contributed by atoms with Gasteiger partial charge in [-0.05, 0) is 25.0 Å². The minimum absolute atomic E-state index is 0.284. The van der Waals surface area contributed by atoms with Crippen LogP contribution in [0.25, 0.3) is 0 Å². The summed E-state index contributed by atoms with van der Waals surface area (Å²) in [6.07, 6.45) is 4.08. The highest BCUT2D eigenvalue weighted by atomic mass is 16.2. The molecular formula is C16H23N3O. The lowest BCUT2D eigenvalue weighted by Gasteiger charge is -2.43. The van der Waals surface area contributed by atoms with Crippen LogP contribution in [0.3, 0.4) is 0 Å². The van der Waals surface area contributed by atoms with Gasteiger partial charge in [0.05, 0.1) is 0 Å². The number of anilines is 1. The van der Waals surface area contributed by atoms with E-state index in [0.717, 1.165) is 31.7 Å². The van der Waals surface area contributed by atoms with E-state index in [1.807, 2.05) is 39.1 Å². The number of rotatable bonds is 1. The van der Waals surface area contributed by atoms with Gasteiger partial charge in [0.15, 0.2) is 0 Å². The fourth-order valence-electron chi connectivity index (χ4n) is 3.35. The molecule has 2 aliphatic rings. The van der Waals surface area contributed by atoms with Crippen LogP contribution in [0, 0.1) is 5.41 Å². The predicted octanol–water partition coefficient (Wildman–Crippen LogP) is 2.31. The lowest BCUT2D eigenvalue weighted by Crippen LogP contribution is -2.58. The number of hydrogen-bond acceptors (Lipinski definition) is 3. The second-order valence-electron chi connectivity index (χ2n) is 6.94. The second kappa shape index (κ2) is 4.76. The van der Waals surface area contributed by atoms with Crippen LogP contribution in [-0.4, -0.2) is 41.0 Å². The average molecular weight is 273 g/mol. The summed E-state index contributed by atoms with van der Waals surface area (Å²) in [5.41, 5.74) is -0.284. The van der Waals surface area contributed by atoms with Gasteiger partial charge in [0.2, 0.25) is 5.91 Å². The third-order valence-corrected chi connectivity index (χ3v) is 4.33. The molecule has 3 heterocycles. The standard InChI is InChI=1S/C16H23N3O/c1-16(2,3)15(20)19-12-7-8-13(19)11-18(10-12)14-6-4-5-9-17-14/h4-6,9,12-13H,7-8,10-11H2,1-3H3. The Balaban J connectivity index is 1.78. The number of aromatic nitrogens is 1. The molecule has 2 unspecified atom stereocenters. The summed E-state index contributed by atoms with van der Waals surface area (Å²) in [6, 6.07) is 6.72. The molecule has 0 aliphatic carbocycles. The molecule has 20 heavy (non-hydrogen) atoms. The van der Waals surface area contributed by atoms with Gasteiger partial charge in [0.1, 0.15) is 5.82 Å². The number of nitrogens with zero attached hydrogens (tertiary/aromatic N) is 3. The average Bonchev–Trinajstić information content (AvgIpc) is 2.67. The van der Waals surface area contributed by atoms with Crippen LogP contribution >= 0.6 is 0 Å². The molecule has 2 fully saturated rings. The molecule has 4 heteroatoms. The fraction of sp³-hybridized carbons (Fsp3) is 0.625. The van der Waals surface area contributed by atoms with Crippen molar-refractivity contribution >= 4 is 11.7 Å². The smallest absolute Gasteiger partial charge is 0.228 e. The van der Waals surface area contributed by atoms with E-state index in [1.165, 1.54) is 0 Å². The molecule has 1 aromatic heterocycles. The van der Waals surface area contributed by atoms with Gasteiger partial charge in [-0.3, -0.25) is 4.79 Å². The van der Waals surface area contributed by atoms with E-state index in [1.54, 1.807) is 0 Å². The van der Waals surface area contributed by atoms with Gasteiger partial charge in [-0.2, -0.15) is 0 Å². The summed E-state index contributed by atoms with van der Waals surface area (Å²) in [5, 5.41) is 0. The minimum atomic E-state index is -0.284. The summed E-state index contributed by atoms with van der Waals surface area (Å²) < 4.78 is 0. The molecular weight excluding hydrogens is 250 g/mol. The Morgan fingerprint density at radius 1 is 1.20 bits per heavy atom. The first-order chi connectivity index (χ1) is 9.47. The van der Waals surface area contributed by atoms with Crippen molar-refractivity contribution in [1.82, 2.24) is 9.88 Å². The van der Waals surface area contributed by atoms with Crippen molar-refractivity contribution in [3.05, 3.63) is 24.4 Å². The normalized spacial score (nSPS) is 25.9. The molecule has 3 rings (SSSR count). The molecule has 0 saturated carbocycles. The first kappa shape index (κ1) is 13.4. The monoisotopic (exact) mass is 273 g/mol. The fourth-order valence-corrected chi connectivity index (χ4v) is 3.35. The summed E-state index contributed by atoms with van der Waals surface area (Å²) in [6.45, 7) is 7.87. The van der Waals surface area contributed by atoms with Crippen LogP contribution in [-0.2, 0) is 4.79 Å². The third-order valence-electron chi connectivity index (χ3n) is 4.33. The van der Waals surface area contributed by atoms with Gasteiger partial charge < -0.3 is 9.80 Å². The SMILES string of the molecule is CC(C)(C)C(=O)N1C2CCC1CN(c1ccccn1)C2. The number of carbonyl (C=O) groups is 1. The molecule has 0 radical (unpaired) electrons. The molecule has 2 aliphatic heterocycles.